The van der Waals surface area contributed by atoms with E-state index in [2.05, 4.69) is 10.0 Å². The first kappa shape index (κ1) is 16.4. The molecular formula is C15H24N2O3S. The number of benzene rings is 1. The summed E-state index contributed by atoms with van der Waals surface area (Å²) < 4.78 is 32.6. The lowest BCUT2D eigenvalue weighted by Gasteiger charge is -2.20. The van der Waals surface area contributed by atoms with E-state index in [4.69, 9.17) is 4.74 Å². The molecular weight excluding hydrogens is 288 g/mol. The van der Waals surface area contributed by atoms with Crippen molar-refractivity contribution < 1.29 is 13.2 Å². The summed E-state index contributed by atoms with van der Waals surface area (Å²) in [7, 11) is -1.73. The van der Waals surface area contributed by atoms with E-state index in [0.717, 1.165) is 56.5 Å². The fourth-order valence-corrected chi connectivity index (χ4v) is 3.96. The molecule has 0 saturated carbocycles. The van der Waals surface area contributed by atoms with Crippen LogP contribution < -0.4 is 10.0 Å². The lowest BCUT2D eigenvalue weighted by molar-refractivity contribution is 0.192. The maximum atomic E-state index is 12.4. The molecule has 0 bridgehead atoms. The van der Waals surface area contributed by atoms with Crippen LogP contribution in [0.25, 0.3) is 0 Å². The van der Waals surface area contributed by atoms with Gasteiger partial charge in [0.15, 0.2) is 0 Å². The van der Waals surface area contributed by atoms with Crippen molar-refractivity contribution in [2.24, 2.45) is 0 Å². The fraction of sp³-hybridized carbons (Fsp3) is 0.600. The number of hydrogen-bond donors (Lipinski definition) is 2. The highest BCUT2D eigenvalue weighted by molar-refractivity contribution is 7.89. The first-order chi connectivity index (χ1) is 10.1. The van der Waals surface area contributed by atoms with Crippen LogP contribution in [0.15, 0.2) is 23.1 Å². The topological polar surface area (TPSA) is 67.4 Å². The number of unbranched alkanes of at least 4 members (excludes halogenated alkanes) is 2. The Morgan fingerprint density at radius 2 is 2.14 bits per heavy atom. The number of methoxy groups -OCH3 is 1. The van der Waals surface area contributed by atoms with Crippen LogP contribution in [-0.2, 0) is 27.7 Å². The van der Waals surface area contributed by atoms with E-state index < -0.39 is 10.0 Å². The minimum atomic E-state index is -3.40. The molecule has 0 saturated heterocycles. The van der Waals surface area contributed by atoms with E-state index in [9.17, 15) is 8.42 Å². The molecule has 21 heavy (non-hydrogen) atoms. The molecule has 6 heteroatoms. The van der Waals surface area contributed by atoms with Crippen LogP contribution in [0, 0.1) is 0 Å². The quantitative estimate of drug-likeness (QED) is 0.713. The number of fused-ring (bicyclic) bond motifs is 1. The van der Waals surface area contributed by atoms with Crippen molar-refractivity contribution in [2.75, 3.05) is 26.8 Å². The summed E-state index contributed by atoms with van der Waals surface area (Å²) in [5.74, 6) is 0. The normalized spacial score (nSPS) is 14.9. The third-order valence-corrected chi connectivity index (χ3v) is 5.25. The van der Waals surface area contributed by atoms with E-state index in [1.807, 2.05) is 12.1 Å². The van der Waals surface area contributed by atoms with Gasteiger partial charge in [-0.2, -0.15) is 0 Å². The van der Waals surface area contributed by atoms with Crippen LogP contribution in [0.1, 0.15) is 30.4 Å². The largest absolute Gasteiger partial charge is 0.385 e. The minimum absolute atomic E-state index is 0.443. The third-order valence-electron chi connectivity index (χ3n) is 3.70. The number of hydrogen-bond acceptors (Lipinski definition) is 4. The zero-order valence-corrected chi connectivity index (χ0v) is 13.3. The minimum Gasteiger partial charge on any atom is -0.385 e. The number of nitrogens with one attached hydrogen (secondary N) is 2. The van der Waals surface area contributed by atoms with Crippen molar-refractivity contribution in [1.29, 1.82) is 0 Å². The summed E-state index contributed by atoms with van der Waals surface area (Å²) in [6.45, 7) is 2.78. The molecule has 0 radical (unpaired) electrons. The Balaban J connectivity index is 1.96. The van der Waals surface area contributed by atoms with Crippen molar-refractivity contribution in [3.05, 3.63) is 29.3 Å². The molecule has 0 aliphatic carbocycles. The standard InChI is InChI=1S/C15H24N2O3S/c1-20-11-4-2-3-9-17-21(18,19)15-7-5-6-13-12-16-10-8-14(13)15/h5-7,16-17H,2-4,8-12H2,1H3. The van der Waals surface area contributed by atoms with Gasteiger partial charge in [0.25, 0.3) is 0 Å². The van der Waals surface area contributed by atoms with Crippen molar-refractivity contribution in [2.45, 2.75) is 37.1 Å². The third kappa shape index (κ3) is 4.51. The van der Waals surface area contributed by atoms with E-state index in [-0.39, 0.29) is 0 Å². The molecule has 0 atom stereocenters. The molecule has 2 N–H and O–H groups in total. The Hall–Kier alpha value is -0.950. The smallest absolute Gasteiger partial charge is 0.240 e. The number of rotatable bonds is 8. The Bertz CT molecular complexity index is 558. The first-order valence-electron chi connectivity index (χ1n) is 7.45. The Morgan fingerprint density at radius 1 is 1.29 bits per heavy atom. The maximum Gasteiger partial charge on any atom is 0.240 e. The SMILES string of the molecule is COCCCCCNS(=O)(=O)c1cccc2c1CCNC2. The monoisotopic (exact) mass is 312 g/mol. The van der Waals surface area contributed by atoms with E-state index in [0.29, 0.717) is 11.4 Å². The van der Waals surface area contributed by atoms with Crippen molar-refractivity contribution in [3.63, 3.8) is 0 Å². The van der Waals surface area contributed by atoms with Crippen LogP contribution >= 0.6 is 0 Å². The van der Waals surface area contributed by atoms with Gasteiger partial charge in [-0.05, 0) is 49.4 Å². The number of sulfonamides is 1. The molecule has 5 nitrogen and oxygen atoms in total. The van der Waals surface area contributed by atoms with Gasteiger partial charge < -0.3 is 10.1 Å². The predicted octanol–water partition coefficient (Wildman–Crippen LogP) is 1.43. The summed E-state index contributed by atoms with van der Waals surface area (Å²) in [6, 6.07) is 5.52. The second-order valence-electron chi connectivity index (χ2n) is 5.27. The summed E-state index contributed by atoms with van der Waals surface area (Å²) in [5.41, 5.74) is 2.05. The highest BCUT2D eigenvalue weighted by Gasteiger charge is 2.21. The van der Waals surface area contributed by atoms with Gasteiger partial charge in [0.05, 0.1) is 4.90 Å². The molecule has 1 aromatic carbocycles. The lowest BCUT2D eigenvalue weighted by Crippen LogP contribution is -2.29. The highest BCUT2D eigenvalue weighted by Crippen LogP contribution is 2.22. The molecule has 118 valence electrons. The molecule has 0 unspecified atom stereocenters. The van der Waals surface area contributed by atoms with Crippen LogP contribution in [0.2, 0.25) is 0 Å². The summed E-state index contributed by atoms with van der Waals surface area (Å²) in [4.78, 5) is 0.443. The second kappa shape index (κ2) is 7.89. The number of ether oxygens (including phenoxy) is 1. The van der Waals surface area contributed by atoms with Gasteiger partial charge >= 0.3 is 0 Å². The zero-order chi connectivity index (χ0) is 15.1. The molecule has 1 aromatic rings. The predicted molar refractivity (Wildman–Crippen MR) is 82.8 cm³/mol. The van der Waals surface area contributed by atoms with Gasteiger partial charge in [-0.1, -0.05) is 12.1 Å². The Morgan fingerprint density at radius 3 is 2.95 bits per heavy atom. The molecule has 1 heterocycles. The van der Waals surface area contributed by atoms with Gasteiger partial charge in [0, 0.05) is 26.8 Å². The van der Waals surface area contributed by atoms with Crippen LogP contribution in [-0.4, -0.2) is 35.2 Å². The molecule has 2 rings (SSSR count). The van der Waals surface area contributed by atoms with Gasteiger partial charge in [0.1, 0.15) is 0 Å². The van der Waals surface area contributed by atoms with Gasteiger partial charge in [0.2, 0.25) is 10.0 Å². The second-order valence-corrected chi connectivity index (χ2v) is 7.01. The average Bonchev–Trinajstić information content (AvgIpc) is 2.50. The van der Waals surface area contributed by atoms with Gasteiger partial charge in [-0.15, -0.1) is 0 Å². The zero-order valence-electron chi connectivity index (χ0n) is 12.5. The molecule has 0 aromatic heterocycles. The van der Waals surface area contributed by atoms with Crippen LogP contribution in [0.5, 0.6) is 0 Å². The summed E-state index contributed by atoms with van der Waals surface area (Å²) in [5, 5.41) is 3.26. The van der Waals surface area contributed by atoms with Crippen molar-refractivity contribution in [1.82, 2.24) is 10.0 Å². The Kier molecular flexibility index (Phi) is 6.17. The van der Waals surface area contributed by atoms with Gasteiger partial charge in [-0.25, -0.2) is 13.1 Å². The van der Waals surface area contributed by atoms with E-state index >= 15 is 0 Å². The van der Waals surface area contributed by atoms with Crippen LogP contribution in [0.4, 0.5) is 0 Å². The summed E-state index contributed by atoms with van der Waals surface area (Å²) >= 11 is 0. The lowest BCUT2D eigenvalue weighted by atomic mass is 10.0. The fourth-order valence-electron chi connectivity index (χ4n) is 2.58. The molecule has 1 aliphatic rings. The highest BCUT2D eigenvalue weighted by atomic mass is 32.2. The molecule has 1 aliphatic heterocycles. The van der Waals surface area contributed by atoms with Crippen molar-refractivity contribution >= 4 is 10.0 Å². The molecule has 0 amide bonds. The average molecular weight is 312 g/mol. The molecule has 0 spiro atoms. The van der Waals surface area contributed by atoms with E-state index in [1.165, 1.54) is 0 Å². The van der Waals surface area contributed by atoms with Crippen molar-refractivity contribution in [3.8, 4) is 0 Å². The molecule has 0 fully saturated rings. The maximum absolute atomic E-state index is 12.4. The first-order valence-corrected chi connectivity index (χ1v) is 8.93. The Labute approximate surface area is 127 Å². The van der Waals surface area contributed by atoms with Crippen LogP contribution in [0.3, 0.4) is 0 Å². The van der Waals surface area contributed by atoms with Gasteiger partial charge in [-0.3, -0.25) is 0 Å². The van der Waals surface area contributed by atoms with E-state index in [1.54, 1.807) is 13.2 Å². The summed E-state index contributed by atoms with van der Waals surface area (Å²) in [6.07, 6.45) is 3.53.